The van der Waals surface area contributed by atoms with Crippen molar-refractivity contribution in [2.24, 2.45) is 0 Å². The van der Waals surface area contributed by atoms with Gasteiger partial charge in [0.05, 0.1) is 35.0 Å². The van der Waals surface area contributed by atoms with E-state index in [2.05, 4.69) is 11.9 Å². The van der Waals surface area contributed by atoms with Gasteiger partial charge in [-0.05, 0) is 73.5 Å². The maximum Gasteiger partial charge on any atom is 0.301 e. The van der Waals surface area contributed by atoms with Gasteiger partial charge in [0.2, 0.25) is 0 Å². The van der Waals surface area contributed by atoms with Gasteiger partial charge in [-0.3, -0.25) is 14.5 Å². The maximum absolute atomic E-state index is 13.6. The molecule has 200 valence electrons. The molecule has 1 saturated heterocycles. The summed E-state index contributed by atoms with van der Waals surface area (Å²) in [5, 5.41) is 12.2. The van der Waals surface area contributed by atoms with Crippen LogP contribution in [-0.4, -0.2) is 35.0 Å². The van der Waals surface area contributed by atoms with Crippen LogP contribution < -0.4 is 14.4 Å². The van der Waals surface area contributed by atoms with Crippen molar-refractivity contribution < 1.29 is 24.2 Å². The van der Waals surface area contributed by atoms with E-state index in [0.717, 1.165) is 17.5 Å². The quantitative estimate of drug-likeness (QED) is 0.101. The number of benzene rings is 3. The van der Waals surface area contributed by atoms with Crippen LogP contribution in [0, 0.1) is 0 Å². The van der Waals surface area contributed by atoms with Crippen LogP contribution in [0.3, 0.4) is 0 Å². The van der Waals surface area contributed by atoms with Gasteiger partial charge in [-0.25, -0.2) is 4.98 Å². The number of amides is 1. The summed E-state index contributed by atoms with van der Waals surface area (Å²) < 4.78 is 12.3. The minimum atomic E-state index is -0.915. The molecule has 0 radical (unpaired) electrons. The SMILES string of the molecule is CCCCOc1cccc(C2C(=C(O)c3ccc(Cl)cc3)C(=O)C(=O)N2c2nc3ccc(OCC)cc3s2)c1. The molecule has 1 aromatic heterocycles. The zero-order chi connectivity index (χ0) is 27.5. The molecule has 0 spiro atoms. The molecule has 1 fully saturated rings. The molecule has 2 heterocycles. The monoisotopic (exact) mass is 562 g/mol. The first-order chi connectivity index (χ1) is 18.9. The molecular formula is C30H27ClN2O5S. The molecule has 9 heteroatoms. The van der Waals surface area contributed by atoms with Crippen LogP contribution >= 0.6 is 22.9 Å². The standard InChI is InChI=1S/C30H27ClN2O5S/c1-3-5-15-38-21-8-6-7-19(16-21)26-25(27(34)18-9-11-20(31)12-10-18)28(35)29(36)33(26)30-32-23-14-13-22(37-4-2)17-24(23)39-30/h6-14,16-17,26,34H,3-5,15H2,1-2H3. The third-order valence-corrected chi connectivity index (χ3v) is 7.64. The van der Waals surface area contributed by atoms with Gasteiger partial charge in [0.25, 0.3) is 5.78 Å². The molecule has 0 aliphatic carbocycles. The van der Waals surface area contributed by atoms with Crippen molar-refractivity contribution in [1.29, 1.82) is 0 Å². The van der Waals surface area contributed by atoms with Gasteiger partial charge in [-0.15, -0.1) is 0 Å². The number of anilines is 1. The van der Waals surface area contributed by atoms with Crippen molar-refractivity contribution >= 4 is 55.7 Å². The second kappa shape index (κ2) is 11.5. The Balaban J connectivity index is 1.65. The van der Waals surface area contributed by atoms with Gasteiger partial charge in [0.15, 0.2) is 5.13 Å². The number of ketones is 1. The van der Waals surface area contributed by atoms with E-state index in [9.17, 15) is 14.7 Å². The number of aliphatic hydroxyl groups excluding tert-OH is 1. The van der Waals surface area contributed by atoms with Crippen LogP contribution in [0.15, 0.2) is 72.3 Å². The minimum Gasteiger partial charge on any atom is -0.507 e. The summed E-state index contributed by atoms with van der Waals surface area (Å²) in [6.45, 7) is 5.06. The number of carbonyl (C=O) groups excluding carboxylic acids is 2. The van der Waals surface area contributed by atoms with E-state index in [1.807, 2.05) is 43.3 Å². The average Bonchev–Trinajstić information content (AvgIpc) is 3.47. The molecular weight excluding hydrogens is 536 g/mol. The average molecular weight is 563 g/mol. The Morgan fingerprint density at radius 1 is 1.03 bits per heavy atom. The number of thiazole rings is 1. The molecule has 39 heavy (non-hydrogen) atoms. The fourth-order valence-electron chi connectivity index (χ4n) is 4.47. The number of fused-ring (bicyclic) bond motifs is 1. The van der Waals surface area contributed by atoms with Crippen LogP contribution in [0.5, 0.6) is 11.5 Å². The third-order valence-electron chi connectivity index (χ3n) is 6.37. The molecule has 4 aromatic rings. The lowest BCUT2D eigenvalue weighted by atomic mass is 9.95. The number of halogens is 1. The summed E-state index contributed by atoms with van der Waals surface area (Å²) in [6, 6.07) is 18.3. The predicted molar refractivity (Wildman–Crippen MR) is 154 cm³/mol. The molecule has 0 saturated carbocycles. The molecule has 1 aliphatic rings. The van der Waals surface area contributed by atoms with Gasteiger partial charge < -0.3 is 14.6 Å². The van der Waals surface area contributed by atoms with E-state index < -0.39 is 17.7 Å². The lowest BCUT2D eigenvalue weighted by molar-refractivity contribution is -0.132. The molecule has 1 unspecified atom stereocenters. The van der Waals surface area contributed by atoms with Crippen LogP contribution in [0.4, 0.5) is 5.13 Å². The maximum atomic E-state index is 13.6. The smallest absolute Gasteiger partial charge is 0.301 e. The van der Waals surface area contributed by atoms with Gasteiger partial charge in [0.1, 0.15) is 17.3 Å². The molecule has 5 rings (SSSR count). The van der Waals surface area contributed by atoms with E-state index in [0.29, 0.717) is 51.5 Å². The zero-order valence-corrected chi connectivity index (χ0v) is 23.1. The van der Waals surface area contributed by atoms with Crippen molar-refractivity contribution in [3.63, 3.8) is 0 Å². The number of nitrogens with zero attached hydrogens (tertiary/aromatic N) is 2. The van der Waals surface area contributed by atoms with Gasteiger partial charge in [0, 0.05) is 10.6 Å². The third kappa shape index (κ3) is 5.35. The molecule has 1 atom stereocenters. The van der Waals surface area contributed by atoms with Gasteiger partial charge in [-0.1, -0.05) is 48.4 Å². The first-order valence-electron chi connectivity index (χ1n) is 12.7. The Hall–Kier alpha value is -3.88. The summed E-state index contributed by atoms with van der Waals surface area (Å²) in [6.07, 6.45) is 1.89. The summed E-state index contributed by atoms with van der Waals surface area (Å²) in [7, 11) is 0. The first-order valence-corrected chi connectivity index (χ1v) is 13.9. The number of ether oxygens (including phenoxy) is 2. The van der Waals surface area contributed by atoms with Crippen LogP contribution in [-0.2, 0) is 9.59 Å². The van der Waals surface area contributed by atoms with Crippen LogP contribution in [0.2, 0.25) is 5.02 Å². The number of rotatable bonds is 9. The summed E-state index contributed by atoms with van der Waals surface area (Å²) in [4.78, 5) is 33.1. The highest BCUT2D eigenvalue weighted by molar-refractivity contribution is 7.22. The Bertz CT molecular complexity index is 1560. The fourth-order valence-corrected chi connectivity index (χ4v) is 5.62. The molecule has 1 aliphatic heterocycles. The van der Waals surface area contributed by atoms with Crippen molar-refractivity contribution in [3.05, 3.63) is 88.5 Å². The van der Waals surface area contributed by atoms with Crippen LogP contribution in [0.1, 0.15) is 43.9 Å². The molecule has 1 N–H and O–H groups in total. The first kappa shape index (κ1) is 26.7. The lowest BCUT2D eigenvalue weighted by Crippen LogP contribution is -2.29. The number of hydrogen-bond donors (Lipinski definition) is 1. The number of unbranched alkanes of at least 4 members (excludes halogenated alkanes) is 1. The van der Waals surface area contributed by atoms with Crippen molar-refractivity contribution in [3.8, 4) is 11.5 Å². The number of hydrogen-bond acceptors (Lipinski definition) is 7. The second-order valence-electron chi connectivity index (χ2n) is 9.01. The van der Waals surface area contributed by atoms with Crippen molar-refractivity contribution in [2.45, 2.75) is 32.7 Å². The summed E-state index contributed by atoms with van der Waals surface area (Å²) in [5.41, 5.74) is 1.65. The molecule has 0 bridgehead atoms. The Kier molecular flexibility index (Phi) is 7.86. The van der Waals surface area contributed by atoms with Crippen LogP contribution in [0.25, 0.3) is 16.0 Å². The van der Waals surface area contributed by atoms with E-state index in [1.165, 1.54) is 16.2 Å². The molecule has 7 nitrogen and oxygen atoms in total. The number of aliphatic hydroxyl groups is 1. The summed E-state index contributed by atoms with van der Waals surface area (Å²) >= 11 is 7.32. The zero-order valence-electron chi connectivity index (χ0n) is 21.5. The number of aromatic nitrogens is 1. The molecule has 3 aromatic carbocycles. The number of carbonyl (C=O) groups is 2. The van der Waals surface area contributed by atoms with E-state index in [4.69, 9.17) is 21.1 Å². The van der Waals surface area contributed by atoms with E-state index in [1.54, 1.807) is 30.3 Å². The molecule has 1 amide bonds. The predicted octanol–water partition coefficient (Wildman–Crippen LogP) is 7.15. The Morgan fingerprint density at radius 2 is 1.79 bits per heavy atom. The highest BCUT2D eigenvalue weighted by atomic mass is 35.5. The highest BCUT2D eigenvalue weighted by Gasteiger charge is 2.48. The summed E-state index contributed by atoms with van der Waals surface area (Å²) in [5.74, 6) is -0.535. The fraction of sp³-hybridized carbons (Fsp3) is 0.233. The van der Waals surface area contributed by atoms with E-state index in [-0.39, 0.29) is 11.3 Å². The van der Waals surface area contributed by atoms with E-state index >= 15 is 0 Å². The topological polar surface area (TPSA) is 89.0 Å². The lowest BCUT2D eigenvalue weighted by Gasteiger charge is -2.23. The van der Waals surface area contributed by atoms with Gasteiger partial charge >= 0.3 is 5.91 Å². The van der Waals surface area contributed by atoms with Crippen molar-refractivity contribution in [2.75, 3.05) is 18.1 Å². The highest BCUT2D eigenvalue weighted by Crippen LogP contribution is 2.45. The largest absolute Gasteiger partial charge is 0.507 e. The minimum absolute atomic E-state index is 0.0257. The second-order valence-corrected chi connectivity index (χ2v) is 10.5. The normalized spacial score (nSPS) is 16.7. The van der Waals surface area contributed by atoms with Crippen molar-refractivity contribution in [1.82, 2.24) is 4.98 Å². The Labute approximate surface area is 235 Å². The van der Waals surface area contributed by atoms with Gasteiger partial charge in [-0.2, -0.15) is 0 Å². The Morgan fingerprint density at radius 3 is 2.54 bits per heavy atom. The number of Topliss-reactive ketones (excluding diaryl/α,β-unsaturated/α-hetero) is 1.